The number of carbonyl (C=O) groups excluding carboxylic acids is 2. The Bertz CT molecular complexity index is 1960. The minimum Gasteiger partial charge on any atom is -0.268 e. The fourth-order valence-electron chi connectivity index (χ4n) is 5.30. The van der Waals surface area contributed by atoms with Gasteiger partial charge in [0.1, 0.15) is 0 Å². The monoisotopic (exact) mass is 473 g/mol. The predicted octanol–water partition coefficient (Wildman–Crippen LogP) is 7.35. The molecule has 37 heavy (non-hydrogen) atoms. The van der Waals surface area contributed by atoms with Crippen molar-refractivity contribution in [3.05, 3.63) is 138 Å². The Balaban J connectivity index is 1.39. The minimum absolute atomic E-state index is 0.321. The van der Waals surface area contributed by atoms with Crippen LogP contribution in [0.5, 0.6) is 0 Å². The average Bonchev–Trinajstić information content (AvgIpc) is 2.95. The molecule has 1 aliphatic heterocycles. The summed E-state index contributed by atoms with van der Waals surface area (Å²) in [6.07, 6.45) is 0. The molecule has 0 unspecified atom stereocenters. The summed E-state index contributed by atoms with van der Waals surface area (Å²) in [4.78, 5) is 28.8. The fraction of sp³-hybridized carbons (Fsp3) is 0. The molecule has 6 aromatic carbocycles. The lowest BCUT2D eigenvalue weighted by atomic mass is 9.90. The number of amides is 2. The number of carbonyl (C=O) groups is 2. The number of benzene rings is 6. The van der Waals surface area contributed by atoms with Crippen LogP contribution in [0.2, 0.25) is 0 Å². The molecular formula is C34H19NO2. The van der Waals surface area contributed by atoms with Crippen molar-refractivity contribution in [2.45, 2.75) is 0 Å². The summed E-state index contributed by atoms with van der Waals surface area (Å²) in [6, 6.07) is 37.0. The Hall–Kier alpha value is -5.20. The third-order valence-corrected chi connectivity index (χ3v) is 7.04. The highest BCUT2D eigenvalue weighted by Crippen LogP contribution is 2.36. The zero-order valence-corrected chi connectivity index (χ0v) is 19.7. The van der Waals surface area contributed by atoms with Crippen LogP contribution >= 0.6 is 0 Å². The van der Waals surface area contributed by atoms with Gasteiger partial charge in [-0.2, -0.15) is 0 Å². The minimum atomic E-state index is -0.321. The van der Waals surface area contributed by atoms with E-state index >= 15 is 0 Å². The lowest BCUT2D eigenvalue weighted by Gasteiger charge is -2.28. The van der Waals surface area contributed by atoms with Crippen molar-refractivity contribution in [3.8, 4) is 11.8 Å². The van der Waals surface area contributed by atoms with E-state index in [2.05, 4.69) is 30.0 Å². The third-order valence-electron chi connectivity index (χ3n) is 7.04. The molecule has 0 atom stereocenters. The van der Waals surface area contributed by atoms with Crippen molar-refractivity contribution in [2.24, 2.45) is 0 Å². The van der Waals surface area contributed by atoms with Gasteiger partial charge in [0.15, 0.2) is 0 Å². The maximum Gasteiger partial charge on any atom is 0.266 e. The Morgan fingerprint density at radius 2 is 1.00 bits per heavy atom. The molecule has 0 radical (unpaired) electrons. The van der Waals surface area contributed by atoms with Crippen LogP contribution in [0.1, 0.15) is 31.8 Å². The van der Waals surface area contributed by atoms with Crippen LogP contribution in [0.15, 0.2) is 115 Å². The number of fused-ring (bicyclic) bond motifs is 2. The van der Waals surface area contributed by atoms with E-state index < -0.39 is 0 Å². The molecule has 0 aromatic heterocycles. The second kappa shape index (κ2) is 8.19. The highest BCUT2D eigenvalue weighted by atomic mass is 16.2. The van der Waals surface area contributed by atoms with Crippen molar-refractivity contribution >= 4 is 49.8 Å². The summed E-state index contributed by atoms with van der Waals surface area (Å²) in [6.45, 7) is 0. The van der Waals surface area contributed by atoms with Gasteiger partial charge in [-0.05, 0) is 51.9 Å². The lowest BCUT2D eigenvalue weighted by molar-refractivity contribution is 0.0894. The molecule has 7 rings (SSSR count). The number of hydrogen-bond donors (Lipinski definition) is 0. The first-order chi connectivity index (χ1) is 18.2. The van der Waals surface area contributed by atoms with Crippen LogP contribution in [0.4, 0.5) is 5.69 Å². The van der Waals surface area contributed by atoms with Gasteiger partial charge in [0.2, 0.25) is 0 Å². The van der Waals surface area contributed by atoms with E-state index in [1.807, 2.05) is 84.9 Å². The second-order valence-electron chi connectivity index (χ2n) is 9.11. The van der Waals surface area contributed by atoms with Crippen LogP contribution in [0.3, 0.4) is 0 Å². The van der Waals surface area contributed by atoms with Gasteiger partial charge >= 0.3 is 0 Å². The quantitative estimate of drug-likeness (QED) is 0.185. The van der Waals surface area contributed by atoms with Crippen molar-refractivity contribution < 1.29 is 9.59 Å². The van der Waals surface area contributed by atoms with Gasteiger partial charge in [0.05, 0.1) is 5.69 Å². The van der Waals surface area contributed by atoms with Crippen LogP contribution in [-0.2, 0) is 0 Å². The topological polar surface area (TPSA) is 37.4 Å². The Morgan fingerprint density at radius 1 is 0.459 bits per heavy atom. The first-order valence-electron chi connectivity index (χ1n) is 12.1. The van der Waals surface area contributed by atoms with Gasteiger partial charge < -0.3 is 0 Å². The van der Waals surface area contributed by atoms with E-state index in [0.29, 0.717) is 22.2 Å². The van der Waals surface area contributed by atoms with Crippen molar-refractivity contribution in [1.82, 2.24) is 0 Å². The highest BCUT2D eigenvalue weighted by molar-refractivity contribution is 6.37. The summed E-state index contributed by atoms with van der Waals surface area (Å²) < 4.78 is 0. The summed E-state index contributed by atoms with van der Waals surface area (Å²) in [5, 5.41) is 5.54. The van der Waals surface area contributed by atoms with Gasteiger partial charge in [-0.1, -0.05) is 96.8 Å². The number of hydrogen-bond acceptors (Lipinski definition) is 2. The lowest BCUT2D eigenvalue weighted by Crippen LogP contribution is -2.40. The maximum atomic E-state index is 13.8. The van der Waals surface area contributed by atoms with E-state index in [4.69, 9.17) is 0 Å². The SMILES string of the molecule is O=C1c2cccc3c(C#Cc4cccc5ccccc45)ccc(c23)C(=O)N1c1cccc2ccccc12. The normalized spacial score (nSPS) is 12.7. The Morgan fingerprint density at radius 3 is 1.78 bits per heavy atom. The van der Waals surface area contributed by atoms with E-state index in [1.54, 1.807) is 12.1 Å². The predicted molar refractivity (Wildman–Crippen MR) is 149 cm³/mol. The molecule has 0 saturated carbocycles. The number of anilines is 1. The summed E-state index contributed by atoms with van der Waals surface area (Å²) >= 11 is 0. The summed E-state index contributed by atoms with van der Waals surface area (Å²) in [5.74, 6) is 5.99. The summed E-state index contributed by atoms with van der Waals surface area (Å²) in [7, 11) is 0. The Kier molecular flexibility index (Phi) is 4.67. The van der Waals surface area contributed by atoms with E-state index in [0.717, 1.165) is 38.1 Å². The average molecular weight is 474 g/mol. The highest BCUT2D eigenvalue weighted by Gasteiger charge is 2.35. The van der Waals surface area contributed by atoms with Gasteiger partial charge in [0, 0.05) is 33.0 Å². The van der Waals surface area contributed by atoms with Crippen molar-refractivity contribution in [1.29, 1.82) is 0 Å². The molecule has 0 bridgehead atoms. The molecule has 2 amide bonds. The smallest absolute Gasteiger partial charge is 0.266 e. The molecule has 6 aromatic rings. The molecule has 1 heterocycles. The molecule has 3 heteroatoms. The number of rotatable bonds is 1. The molecule has 0 fully saturated rings. The first kappa shape index (κ1) is 21.1. The zero-order valence-electron chi connectivity index (χ0n) is 19.7. The Labute approximate surface area is 213 Å². The fourth-order valence-corrected chi connectivity index (χ4v) is 5.30. The van der Waals surface area contributed by atoms with E-state index in [-0.39, 0.29) is 11.8 Å². The third kappa shape index (κ3) is 3.24. The first-order valence-corrected chi connectivity index (χ1v) is 12.1. The standard InChI is InChI=1S/C34H19NO2/c36-33-29-16-7-15-28-25(19-18-24-11-5-10-22-8-1-3-13-26(22)24)20-21-30(32(28)29)34(37)35(33)31-17-6-12-23-9-2-4-14-27(23)31/h1-17,20-21H. The molecule has 0 aliphatic carbocycles. The van der Waals surface area contributed by atoms with E-state index in [9.17, 15) is 9.59 Å². The molecule has 0 saturated heterocycles. The van der Waals surface area contributed by atoms with Gasteiger partial charge in [-0.25, -0.2) is 4.90 Å². The maximum absolute atomic E-state index is 13.8. The van der Waals surface area contributed by atoms with Gasteiger partial charge in [-0.15, -0.1) is 0 Å². The van der Waals surface area contributed by atoms with Gasteiger partial charge in [0.25, 0.3) is 11.8 Å². The molecule has 1 aliphatic rings. The summed E-state index contributed by atoms with van der Waals surface area (Å²) in [5.41, 5.74) is 3.33. The van der Waals surface area contributed by atoms with Crippen LogP contribution in [-0.4, -0.2) is 11.8 Å². The van der Waals surface area contributed by atoms with Crippen molar-refractivity contribution in [3.63, 3.8) is 0 Å². The molecule has 0 N–H and O–H groups in total. The van der Waals surface area contributed by atoms with Gasteiger partial charge in [-0.3, -0.25) is 9.59 Å². The van der Waals surface area contributed by atoms with Crippen LogP contribution < -0.4 is 4.90 Å². The number of nitrogens with zero attached hydrogens (tertiary/aromatic N) is 1. The number of imide groups is 1. The van der Waals surface area contributed by atoms with Crippen LogP contribution in [0.25, 0.3) is 32.3 Å². The molecule has 172 valence electrons. The molecule has 3 nitrogen and oxygen atoms in total. The molecular weight excluding hydrogens is 454 g/mol. The molecule has 0 spiro atoms. The van der Waals surface area contributed by atoms with Crippen molar-refractivity contribution in [2.75, 3.05) is 4.90 Å². The van der Waals surface area contributed by atoms with Crippen LogP contribution in [0, 0.1) is 11.8 Å². The largest absolute Gasteiger partial charge is 0.268 e. The zero-order chi connectivity index (χ0) is 24.9. The second-order valence-corrected chi connectivity index (χ2v) is 9.11. The van der Waals surface area contributed by atoms with E-state index in [1.165, 1.54) is 4.90 Å².